The van der Waals surface area contributed by atoms with Crippen molar-refractivity contribution in [3.8, 4) is 0 Å². The Hall–Kier alpha value is -2.14. The van der Waals surface area contributed by atoms with E-state index in [4.69, 9.17) is 4.52 Å². The van der Waals surface area contributed by atoms with Crippen LogP contribution in [-0.2, 0) is 11.3 Å². The molecule has 2 N–H and O–H groups in total. The van der Waals surface area contributed by atoms with Gasteiger partial charge in [0.2, 0.25) is 5.91 Å². The molecule has 0 bridgehead atoms. The van der Waals surface area contributed by atoms with Gasteiger partial charge in [0, 0.05) is 11.8 Å². The summed E-state index contributed by atoms with van der Waals surface area (Å²) < 4.78 is 4.91. The Morgan fingerprint density at radius 3 is 3.00 bits per heavy atom. The molecule has 1 heterocycles. The van der Waals surface area contributed by atoms with Crippen LogP contribution in [0, 0.1) is 6.92 Å². The third kappa shape index (κ3) is 3.71. The van der Waals surface area contributed by atoms with Crippen LogP contribution in [0.2, 0.25) is 0 Å². The summed E-state index contributed by atoms with van der Waals surface area (Å²) in [5.74, 6) is 0.624. The summed E-state index contributed by atoms with van der Waals surface area (Å²) in [6.45, 7) is 2.70. The minimum atomic E-state index is -0.0832. The standard InChI is InChI=1S/C13H15N3O2/c1-10-3-2-4-11(7-10)16-13(17)9-14-8-12-5-6-15-18-12/h2-7,14H,8-9H2,1H3,(H,16,17). The third-order valence-corrected chi connectivity index (χ3v) is 2.38. The monoisotopic (exact) mass is 245 g/mol. The molecule has 5 heteroatoms. The first kappa shape index (κ1) is 12.3. The van der Waals surface area contributed by atoms with Gasteiger partial charge in [-0.05, 0) is 24.6 Å². The Kier molecular flexibility index (Phi) is 4.09. The van der Waals surface area contributed by atoms with E-state index in [1.165, 1.54) is 0 Å². The fourth-order valence-corrected chi connectivity index (χ4v) is 1.56. The zero-order valence-corrected chi connectivity index (χ0v) is 10.1. The fraction of sp³-hybridized carbons (Fsp3) is 0.231. The van der Waals surface area contributed by atoms with Crippen molar-refractivity contribution < 1.29 is 9.32 Å². The summed E-state index contributed by atoms with van der Waals surface area (Å²) >= 11 is 0. The second-order valence-electron chi connectivity index (χ2n) is 4.00. The van der Waals surface area contributed by atoms with E-state index in [1.807, 2.05) is 31.2 Å². The number of hydrogen-bond acceptors (Lipinski definition) is 4. The summed E-state index contributed by atoms with van der Waals surface area (Å²) in [6, 6.07) is 9.44. The SMILES string of the molecule is Cc1cccc(NC(=O)CNCc2ccno2)c1. The highest BCUT2D eigenvalue weighted by molar-refractivity contribution is 5.92. The molecule has 0 aliphatic carbocycles. The van der Waals surface area contributed by atoms with Crippen LogP contribution < -0.4 is 10.6 Å². The molecule has 2 aromatic rings. The number of rotatable bonds is 5. The van der Waals surface area contributed by atoms with Gasteiger partial charge in [-0.15, -0.1) is 0 Å². The van der Waals surface area contributed by atoms with Crippen molar-refractivity contribution >= 4 is 11.6 Å². The Balaban J connectivity index is 1.75. The van der Waals surface area contributed by atoms with E-state index in [0.29, 0.717) is 12.3 Å². The Morgan fingerprint density at radius 2 is 2.28 bits per heavy atom. The number of hydrogen-bond donors (Lipinski definition) is 2. The first-order valence-electron chi connectivity index (χ1n) is 5.71. The molecule has 5 nitrogen and oxygen atoms in total. The summed E-state index contributed by atoms with van der Waals surface area (Å²) in [4.78, 5) is 11.6. The molecule has 18 heavy (non-hydrogen) atoms. The van der Waals surface area contributed by atoms with E-state index in [2.05, 4.69) is 15.8 Å². The first-order valence-corrected chi connectivity index (χ1v) is 5.71. The van der Waals surface area contributed by atoms with Crippen molar-refractivity contribution in [1.29, 1.82) is 0 Å². The smallest absolute Gasteiger partial charge is 0.238 e. The van der Waals surface area contributed by atoms with Crippen LogP contribution in [0.3, 0.4) is 0 Å². The van der Waals surface area contributed by atoms with E-state index in [-0.39, 0.29) is 12.5 Å². The fourth-order valence-electron chi connectivity index (χ4n) is 1.56. The number of amides is 1. The molecule has 0 saturated heterocycles. The molecule has 0 atom stereocenters. The third-order valence-electron chi connectivity index (χ3n) is 2.38. The lowest BCUT2D eigenvalue weighted by molar-refractivity contribution is -0.115. The van der Waals surface area contributed by atoms with Gasteiger partial charge in [-0.2, -0.15) is 0 Å². The predicted molar refractivity (Wildman–Crippen MR) is 68.0 cm³/mol. The Bertz CT molecular complexity index is 509. The van der Waals surface area contributed by atoms with Crippen LogP contribution in [0.15, 0.2) is 41.1 Å². The normalized spacial score (nSPS) is 10.3. The molecular weight excluding hydrogens is 230 g/mol. The topological polar surface area (TPSA) is 67.2 Å². The highest BCUT2D eigenvalue weighted by atomic mass is 16.5. The van der Waals surface area contributed by atoms with Gasteiger partial charge in [-0.1, -0.05) is 17.3 Å². The van der Waals surface area contributed by atoms with Crippen molar-refractivity contribution in [2.45, 2.75) is 13.5 Å². The van der Waals surface area contributed by atoms with E-state index in [9.17, 15) is 4.79 Å². The summed E-state index contributed by atoms with van der Waals surface area (Å²) in [5, 5.41) is 9.37. The van der Waals surface area contributed by atoms with E-state index < -0.39 is 0 Å². The van der Waals surface area contributed by atoms with E-state index in [0.717, 1.165) is 11.3 Å². The van der Waals surface area contributed by atoms with Gasteiger partial charge in [0.15, 0.2) is 0 Å². The molecule has 0 spiro atoms. The number of carbonyl (C=O) groups is 1. The predicted octanol–water partition coefficient (Wildman–Crippen LogP) is 1.71. The van der Waals surface area contributed by atoms with Gasteiger partial charge in [-0.25, -0.2) is 0 Å². The highest BCUT2D eigenvalue weighted by Gasteiger charge is 2.03. The lowest BCUT2D eigenvalue weighted by atomic mass is 10.2. The summed E-state index contributed by atoms with van der Waals surface area (Å²) in [6.07, 6.45) is 1.57. The largest absolute Gasteiger partial charge is 0.360 e. The van der Waals surface area contributed by atoms with Gasteiger partial charge >= 0.3 is 0 Å². The zero-order valence-electron chi connectivity index (χ0n) is 10.1. The average Bonchev–Trinajstić information content (AvgIpc) is 2.82. The second-order valence-corrected chi connectivity index (χ2v) is 4.00. The maximum atomic E-state index is 11.6. The number of aromatic nitrogens is 1. The number of carbonyl (C=O) groups excluding carboxylic acids is 1. The quantitative estimate of drug-likeness (QED) is 0.841. The lowest BCUT2D eigenvalue weighted by Crippen LogP contribution is -2.27. The van der Waals surface area contributed by atoms with Crippen LogP contribution in [0.4, 0.5) is 5.69 Å². The number of benzene rings is 1. The molecule has 0 fully saturated rings. The zero-order chi connectivity index (χ0) is 12.8. The minimum Gasteiger partial charge on any atom is -0.360 e. The summed E-state index contributed by atoms with van der Waals surface area (Å²) in [5.41, 5.74) is 1.92. The van der Waals surface area contributed by atoms with Crippen molar-refractivity contribution in [3.05, 3.63) is 47.9 Å². The molecule has 0 radical (unpaired) electrons. The van der Waals surface area contributed by atoms with Crippen LogP contribution in [-0.4, -0.2) is 17.6 Å². The van der Waals surface area contributed by atoms with E-state index >= 15 is 0 Å². The van der Waals surface area contributed by atoms with Crippen LogP contribution >= 0.6 is 0 Å². The van der Waals surface area contributed by atoms with Crippen molar-refractivity contribution in [2.24, 2.45) is 0 Å². The first-order chi connectivity index (χ1) is 8.74. The Labute approximate surface area is 105 Å². The number of nitrogens with zero attached hydrogens (tertiary/aromatic N) is 1. The number of nitrogens with one attached hydrogen (secondary N) is 2. The highest BCUT2D eigenvalue weighted by Crippen LogP contribution is 2.08. The van der Waals surface area contributed by atoms with Crippen molar-refractivity contribution in [1.82, 2.24) is 10.5 Å². The number of aryl methyl sites for hydroxylation is 1. The van der Waals surface area contributed by atoms with Crippen molar-refractivity contribution in [3.63, 3.8) is 0 Å². The molecule has 0 saturated carbocycles. The van der Waals surface area contributed by atoms with Crippen LogP contribution in [0.5, 0.6) is 0 Å². The molecule has 1 aromatic carbocycles. The second kappa shape index (κ2) is 5.97. The van der Waals surface area contributed by atoms with Crippen LogP contribution in [0.25, 0.3) is 0 Å². The Morgan fingerprint density at radius 1 is 1.39 bits per heavy atom. The molecule has 1 amide bonds. The summed E-state index contributed by atoms with van der Waals surface area (Å²) in [7, 11) is 0. The van der Waals surface area contributed by atoms with Gasteiger partial charge in [0.05, 0.1) is 19.3 Å². The molecule has 2 rings (SSSR count). The number of anilines is 1. The molecule has 0 aliphatic heterocycles. The van der Waals surface area contributed by atoms with Crippen molar-refractivity contribution in [2.75, 3.05) is 11.9 Å². The maximum absolute atomic E-state index is 11.6. The van der Waals surface area contributed by atoms with Gasteiger partial charge in [0.1, 0.15) is 5.76 Å². The van der Waals surface area contributed by atoms with Crippen LogP contribution in [0.1, 0.15) is 11.3 Å². The van der Waals surface area contributed by atoms with Gasteiger partial charge in [0.25, 0.3) is 0 Å². The molecule has 1 aromatic heterocycles. The van der Waals surface area contributed by atoms with Gasteiger partial charge < -0.3 is 15.2 Å². The van der Waals surface area contributed by atoms with E-state index in [1.54, 1.807) is 12.3 Å². The lowest BCUT2D eigenvalue weighted by Gasteiger charge is -2.06. The molecule has 0 unspecified atom stereocenters. The molecular formula is C13H15N3O2. The minimum absolute atomic E-state index is 0.0832. The molecule has 94 valence electrons. The maximum Gasteiger partial charge on any atom is 0.238 e. The van der Waals surface area contributed by atoms with Gasteiger partial charge in [-0.3, -0.25) is 4.79 Å². The average molecular weight is 245 g/mol. The molecule has 0 aliphatic rings.